The number of carbonyl (C=O) groups excluding carboxylic acids is 2. The number of benzene rings is 1. The minimum absolute atomic E-state index is 0.0576. The van der Waals surface area contributed by atoms with E-state index in [0.29, 0.717) is 12.2 Å². The second-order valence-electron chi connectivity index (χ2n) is 9.53. The van der Waals surface area contributed by atoms with Gasteiger partial charge in [0.25, 0.3) is 5.91 Å². The van der Waals surface area contributed by atoms with Gasteiger partial charge in [-0.15, -0.1) is 0 Å². The SMILES string of the molecule is CNC(=O)C(NC(=O)c1nc(C(C)c2ccccc2)n2c1CN(C)CCC2)C(C)(C)C. The Balaban J connectivity index is 2.02. The fourth-order valence-corrected chi connectivity index (χ4v) is 4.17. The molecule has 3 rings (SSSR count). The number of likely N-dealkylation sites (N-methyl/N-ethyl adjacent to an activating group) is 1. The fraction of sp³-hybridized carbons (Fsp3) is 0.542. The number of hydrogen-bond acceptors (Lipinski definition) is 4. The maximum Gasteiger partial charge on any atom is 0.272 e. The van der Waals surface area contributed by atoms with Crippen molar-refractivity contribution in [3.05, 3.63) is 53.1 Å². The molecule has 0 saturated carbocycles. The molecule has 1 aromatic carbocycles. The van der Waals surface area contributed by atoms with Crippen LogP contribution < -0.4 is 10.6 Å². The summed E-state index contributed by atoms with van der Waals surface area (Å²) >= 11 is 0. The molecular weight excluding hydrogens is 390 g/mol. The molecule has 2 heterocycles. The zero-order valence-electron chi connectivity index (χ0n) is 19.5. The lowest BCUT2D eigenvalue weighted by atomic mass is 9.86. The van der Waals surface area contributed by atoms with Crippen LogP contribution in [0.25, 0.3) is 0 Å². The van der Waals surface area contributed by atoms with Gasteiger partial charge in [-0.25, -0.2) is 4.98 Å². The highest BCUT2D eigenvalue weighted by Gasteiger charge is 2.35. The van der Waals surface area contributed by atoms with Gasteiger partial charge >= 0.3 is 0 Å². The molecule has 1 aliphatic heterocycles. The summed E-state index contributed by atoms with van der Waals surface area (Å²) in [7, 11) is 3.65. The lowest BCUT2D eigenvalue weighted by Gasteiger charge is -2.29. The summed E-state index contributed by atoms with van der Waals surface area (Å²) in [5, 5.41) is 5.62. The molecule has 1 aliphatic rings. The third-order valence-electron chi connectivity index (χ3n) is 6.00. The van der Waals surface area contributed by atoms with Crippen LogP contribution in [0.4, 0.5) is 0 Å². The first-order valence-electron chi connectivity index (χ1n) is 11.0. The second-order valence-corrected chi connectivity index (χ2v) is 9.53. The van der Waals surface area contributed by atoms with Gasteiger partial charge in [0, 0.05) is 26.1 Å². The van der Waals surface area contributed by atoms with E-state index < -0.39 is 11.5 Å². The molecule has 2 amide bonds. The number of nitrogens with one attached hydrogen (secondary N) is 2. The Hall–Kier alpha value is -2.67. The number of hydrogen-bond donors (Lipinski definition) is 2. The number of nitrogens with zero attached hydrogens (tertiary/aromatic N) is 3. The van der Waals surface area contributed by atoms with Crippen LogP contribution in [0.2, 0.25) is 0 Å². The van der Waals surface area contributed by atoms with Crippen molar-refractivity contribution in [3.63, 3.8) is 0 Å². The van der Waals surface area contributed by atoms with Gasteiger partial charge in [0.15, 0.2) is 5.69 Å². The van der Waals surface area contributed by atoms with Crippen LogP contribution in [-0.4, -0.2) is 52.9 Å². The van der Waals surface area contributed by atoms with Gasteiger partial charge in [0.05, 0.1) is 5.69 Å². The first-order valence-corrected chi connectivity index (χ1v) is 11.0. The van der Waals surface area contributed by atoms with Crippen molar-refractivity contribution in [1.29, 1.82) is 0 Å². The molecule has 2 unspecified atom stereocenters. The number of carbonyl (C=O) groups is 2. The molecule has 7 heteroatoms. The Bertz CT molecular complexity index is 929. The smallest absolute Gasteiger partial charge is 0.272 e. The minimum atomic E-state index is -0.652. The van der Waals surface area contributed by atoms with Gasteiger partial charge in [-0.05, 0) is 31.0 Å². The zero-order chi connectivity index (χ0) is 22.8. The predicted octanol–water partition coefficient (Wildman–Crippen LogP) is 2.76. The Morgan fingerprint density at radius 3 is 2.42 bits per heavy atom. The molecule has 2 aromatic rings. The summed E-state index contributed by atoms with van der Waals surface area (Å²) in [6.07, 6.45) is 0.998. The number of aromatic nitrogens is 2. The van der Waals surface area contributed by atoms with Crippen LogP contribution >= 0.6 is 0 Å². The summed E-state index contributed by atoms with van der Waals surface area (Å²) in [6, 6.07) is 9.59. The van der Waals surface area contributed by atoms with Crippen LogP contribution in [0.3, 0.4) is 0 Å². The number of imidazole rings is 1. The Labute approximate surface area is 185 Å². The third kappa shape index (κ3) is 4.98. The van der Waals surface area contributed by atoms with E-state index in [-0.39, 0.29) is 17.7 Å². The van der Waals surface area contributed by atoms with Crippen molar-refractivity contribution < 1.29 is 9.59 Å². The molecule has 2 atom stereocenters. The summed E-state index contributed by atoms with van der Waals surface area (Å²) < 4.78 is 2.21. The van der Waals surface area contributed by atoms with E-state index in [9.17, 15) is 9.59 Å². The number of fused-ring (bicyclic) bond motifs is 1. The molecule has 0 bridgehead atoms. The van der Waals surface area contributed by atoms with Gasteiger partial charge < -0.3 is 20.1 Å². The van der Waals surface area contributed by atoms with Gasteiger partial charge in [-0.2, -0.15) is 0 Å². The molecule has 0 aliphatic carbocycles. The first kappa shape index (κ1) is 23.0. The first-order chi connectivity index (χ1) is 14.6. The van der Waals surface area contributed by atoms with E-state index >= 15 is 0 Å². The highest BCUT2D eigenvalue weighted by Crippen LogP contribution is 2.28. The van der Waals surface area contributed by atoms with Crippen molar-refractivity contribution in [2.75, 3.05) is 20.6 Å². The van der Waals surface area contributed by atoms with E-state index in [2.05, 4.69) is 46.2 Å². The van der Waals surface area contributed by atoms with Crippen molar-refractivity contribution in [1.82, 2.24) is 25.1 Å². The maximum atomic E-state index is 13.4. The molecule has 0 fully saturated rings. The van der Waals surface area contributed by atoms with E-state index in [1.807, 2.05) is 39.0 Å². The van der Waals surface area contributed by atoms with Gasteiger partial charge in [0.2, 0.25) is 5.91 Å². The average molecular weight is 426 g/mol. The summed E-state index contributed by atoms with van der Waals surface area (Å²) in [4.78, 5) is 32.9. The minimum Gasteiger partial charge on any atom is -0.357 e. The van der Waals surface area contributed by atoms with Crippen molar-refractivity contribution in [2.45, 2.75) is 59.2 Å². The molecule has 0 radical (unpaired) electrons. The van der Waals surface area contributed by atoms with Crippen LogP contribution in [0.1, 0.15) is 67.6 Å². The molecule has 1 aromatic heterocycles. The number of amides is 2. The normalized spacial score (nSPS) is 16.7. The van der Waals surface area contributed by atoms with Crippen LogP contribution in [0.5, 0.6) is 0 Å². The maximum absolute atomic E-state index is 13.4. The zero-order valence-corrected chi connectivity index (χ0v) is 19.5. The lowest BCUT2D eigenvalue weighted by molar-refractivity contribution is -0.124. The van der Waals surface area contributed by atoms with Crippen LogP contribution in [-0.2, 0) is 17.9 Å². The summed E-state index contributed by atoms with van der Waals surface area (Å²) in [5.74, 6) is 0.450. The van der Waals surface area contributed by atoms with Crippen LogP contribution in [0.15, 0.2) is 30.3 Å². The quantitative estimate of drug-likeness (QED) is 0.772. The monoisotopic (exact) mass is 425 g/mol. The second kappa shape index (κ2) is 9.22. The van der Waals surface area contributed by atoms with E-state index in [1.54, 1.807) is 7.05 Å². The molecule has 168 valence electrons. The van der Waals surface area contributed by atoms with Crippen molar-refractivity contribution in [2.24, 2.45) is 5.41 Å². The summed E-state index contributed by atoms with van der Waals surface area (Å²) in [5.41, 5.74) is 2.07. The van der Waals surface area contributed by atoms with E-state index in [4.69, 9.17) is 4.98 Å². The molecule has 2 N–H and O–H groups in total. The van der Waals surface area contributed by atoms with E-state index in [1.165, 1.54) is 0 Å². The van der Waals surface area contributed by atoms with Crippen molar-refractivity contribution >= 4 is 11.8 Å². The predicted molar refractivity (Wildman–Crippen MR) is 122 cm³/mol. The fourth-order valence-electron chi connectivity index (χ4n) is 4.17. The standard InChI is InChI=1S/C24H35N5O2/c1-16(17-11-8-7-9-12-17)21-26-19(18-15-28(6)13-10-14-29(18)21)22(30)27-20(23(31)25-5)24(2,3)4/h7-9,11-12,16,20H,10,13-15H2,1-6H3,(H,25,31)(H,27,30). The Morgan fingerprint density at radius 1 is 1.13 bits per heavy atom. The molecule has 31 heavy (non-hydrogen) atoms. The third-order valence-corrected chi connectivity index (χ3v) is 6.00. The lowest BCUT2D eigenvalue weighted by Crippen LogP contribution is -2.53. The topological polar surface area (TPSA) is 79.3 Å². The highest BCUT2D eigenvalue weighted by atomic mass is 16.2. The Morgan fingerprint density at radius 2 is 1.81 bits per heavy atom. The van der Waals surface area contributed by atoms with E-state index in [0.717, 1.165) is 36.6 Å². The number of rotatable bonds is 5. The van der Waals surface area contributed by atoms with Gasteiger partial charge in [-0.3, -0.25) is 9.59 Å². The molecular formula is C24H35N5O2. The summed E-state index contributed by atoms with van der Waals surface area (Å²) in [6.45, 7) is 10.4. The van der Waals surface area contributed by atoms with Crippen molar-refractivity contribution in [3.8, 4) is 0 Å². The highest BCUT2D eigenvalue weighted by molar-refractivity contribution is 5.97. The molecule has 7 nitrogen and oxygen atoms in total. The van der Waals surface area contributed by atoms with Crippen LogP contribution in [0, 0.1) is 5.41 Å². The molecule has 0 saturated heterocycles. The average Bonchev–Trinajstić information content (AvgIpc) is 2.97. The largest absolute Gasteiger partial charge is 0.357 e. The van der Waals surface area contributed by atoms with Gasteiger partial charge in [-0.1, -0.05) is 58.0 Å². The van der Waals surface area contributed by atoms with Gasteiger partial charge in [0.1, 0.15) is 11.9 Å². The molecule has 0 spiro atoms. The Kier molecular flexibility index (Phi) is 6.84.